The predicted molar refractivity (Wildman–Crippen MR) is 95.0 cm³/mol. The van der Waals surface area contributed by atoms with Crippen LogP contribution in [0.2, 0.25) is 5.02 Å². The van der Waals surface area contributed by atoms with E-state index in [1.807, 2.05) is 43.1 Å². The molecular formula is C17H21ClN4O2. The Morgan fingerprint density at radius 3 is 2.58 bits per heavy atom. The molecule has 0 atom stereocenters. The van der Waals surface area contributed by atoms with Crippen LogP contribution in [0.5, 0.6) is 0 Å². The van der Waals surface area contributed by atoms with Crippen LogP contribution in [0.3, 0.4) is 0 Å². The Morgan fingerprint density at radius 2 is 2.00 bits per heavy atom. The lowest BCUT2D eigenvalue weighted by molar-refractivity contribution is 0.0972. The minimum Gasteiger partial charge on any atom is -0.454 e. The van der Waals surface area contributed by atoms with Crippen LogP contribution in [0.25, 0.3) is 0 Å². The Labute approximate surface area is 146 Å². The summed E-state index contributed by atoms with van der Waals surface area (Å²) in [7, 11) is 1.95. The van der Waals surface area contributed by atoms with Gasteiger partial charge in [0, 0.05) is 25.2 Å². The first kappa shape index (κ1) is 17.9. The fraction of sp³-hybridized carbons (Fsp3) is 0.294. The summed E-state index contributed by atoms with van der Waals surface area (Å²) < 4.78 is 5.34. The van der Waals surface area contributed by atoms with E-state index in [1.165, 1.54) is 0 Å². The topological polar surface area (TPSA) is 83.9 Å². The molecule has 24 heavy (non-hydrogen) atoms. The van der Waals surface area contributed by atoms with Crippen molar-refractivity contribution >= 4 is 23.5 Å². The molecule has 0 spiro atoms. The van der Waals surface area contributed by atoms with Crippen LogP contribution >= 0.6 is 11.6 Å². The van der Waals surface area contributed by atoms with Gasteiger partial charge in [0.05, 0.1) is 0 Å². The molecule has 0 bridgehead atoms. The molecule has 0 aliphatic heterocycles. The number of carbonyl (C=O) groups is 1. The van der Waals surface area contributed by atoms with Gasteiger partial charge in [-0.2, -0.15) is 0 Å². The highest BCUT2D eigenvalue weighted by molar-refractivity contribution is 6.30. The number of hydrogen-bond donors (Lipinski definition) is 2. The lowest BCUT2D eigenvalue weighted by Gasteiger charge is -2.22. The zero-order chi connectivity index (χ0) is 17.5. The number of primary amides is 1. The van der Waals surface area contributed by atoms with E-state index < -0.39 is 5.91 Å². The minimum atomic E-state index is -0.586. The highest BCUT2D eigenvalue weighted by atomic mass is 35.5. The molecule has 0 saturated heterocycles. The van der Waals surface area contributed by atoms with Crippen molar-refractivity contribution in [2.45, 2.75) is 20.0 Å². The first-order valence-corrected chi connectivity index (χ1v) is 7.99. The molecule has 2 aromatic rings. The fourth-order valence-corrected chi connectivity index (χ4v) is 2.28. The van der Waals surface area contributed by atoms with E-state index in [2.05, 4.69) is 10.3 Å². The molecule has 0 fully saturated rings. The van der Waals surface area contributed by atoms with Crippen LogP contribution < -0.4 is 11.1 Å². The number of benzene rings is 1. The smallest absolute Gasteiger partial charge is 0.284 e. The summed E-state index contributed by atoms with van der Waals surface area (Å²) in [5, 5.41) is 3.94. The first-order chi connectivity index (χ1) is 11.5. The molecule has 1 heterocycles. The number of carbonyl (C=O) groups excluding carboxylic acids is 1. The molecule has 1 aromatic heterocycles. The summed E-state index contributed by atoms with van der Waals surface area (Å²) in [4.78, 5) is 17.6. The number of halogens is 1. The number of guanidine groups is 1. The third kappa shape index (κ3) is 5.03. The van der Waals surface area contributed by atoms with Crippen LogP contribution in [-0.2, 0) is 13.1 Å². The van der Waals surface area contributed by atoms with Crippen molar-refractivity contribution in [3.63, 3.8) is 0 Å². The fourth-order valence-electron chi connectivity index (χ4n) is 2.16. The summed E-state index contributed by atoms with van der Waals surface area (Å²) in [5.41, 5.74) is 6.30. The second-order valence-electron chi connectivity index (χ2n) is 5.28. The van der Waals surface area contributed by atoms with Gasteiger partial charge >= 0.3 is 0 Å². The van der Waals surface area contributed by atoms with Crippen LogP contribution in [-0.4, -0.2) is 30.4 Å². The van der Waals surface area contributed by atoms with Gasteiger partial charge in [0.1, 0.15) is 12.3 Å². The lowest BCUT2D eigenvalue weighted by atomic mass is 10.2. The Balaban J connectivity index is 2.05. The highest BCUT2D eigenvalue weighted by Crippen LogP contribution is 2.12. The maximum atomic E-state index is 11.1. The quantitative estimate of drug-likeness (QED) is 0.621. The Hall–Kier alpha value is -2.47. The van der Waals surface area contributed by atoms with Crippen molar-refractivity contribution in [2.24, 2.45) is 10.7 Å². The van der Waals surface area contributed by atoms with E-state index in [1.54, 1.807) is 12.1 Å². The number of nitrogens with one attached hydrogen (secondary N) is 1. The maximum Gasteiger partial charge on any atom is 0.284 e. The molecule has 6 nitrogen and oxygen atoms in total. The summed E-state index contributed by atoms with van der Waals surface area (Å²) in [6, 6.07) is 10.9. The van der Waals surface area contributed by atoms with Gasteiger partial charge in [-0.3, -0.25) is 4.79 Å². The summed E-state index contributed by atoms with van der Waals surface area (Å²) in [5.74, 6) is 0.875. The van der Waals surface area contributed by atoms with Gasteiger partial charge < -0.3 is 20.4 Å². The molecule has 1 amide bonds. The second-order valence-corrected chi connectivity index (χ2v) is 5.72. The van der Waals surface area contributed by atoms with Gasteiger partial charge in [0.15, 0.2) is 11.7 Å². The van der Waals surface area contributed by atoms with Gasteiger partial charge in [0.25, 0.3) is 5.91 Å². The normalized spacial score (nSPS) is 11.4. The number of hydrogen-bond acceptors (Lipinski definition) is 3. The van der Waals surface area contributed by atoms with E-state index >= 15 is 0 Å². The zero-order valence-electron chi connectivity index (χ0n) is 13.8. The summed E-state index contributed by atoms with van der Waals surface area (Å²) in [6.45, 7) is 3.76. The van der Waals surface area contributed by atoms with Crippen molar-refractivity contribution in [2.75, 3.05) is 13.6 Å². The number of nitrogens with two attached hydrogens (primary N) is 1. The van der Waals surface area contributed by atoms with Gasteiger partial charge in [-0.25, -0.2) is 4.99 Å². The largest absolute Gasteiger partial charge is 0.454 e. The zero-order valence-corrected chi connectivity index (χ0v) is 14.5. The maximum absolute atomic E-state index is 11.1. The molecule has 0 aliphatic rings. The monoisotopic (exact) mass is 348 g/mol. The number of amides is 1. The van der Waals surface area contributed by atoms with E-state index in [-0.39, 0.29) is 5.76 Å². The molecule has 128 valence electrons. The van der Waals surface area contributed by atoms with Gasteiger partial charge in [-0.1, -0.05) is 23.7 Å². The van der Waals surface area contributed by atoms with E-state index in [0.29, 0.717) is 23.9 Å². The average Bonchev–Trinajstić information content (AvgIpc) is 3.02. The summed E-state index contributed by atoms with van der Waals surface area (Å²) >= 11 is 5.91. The van der Waals surface area contributed by atoms with Gasteiger partial charge in [-0.05, 0) is 36.8 Å². The Bertz CT molecular complexity index is 710. The SMILES string of the molecule is CCNC(=NCc1ccc(C(N)=O)o1)N(C)Cc1ccc(Cl)cc1. The number of nitrogens with zero attached hydrogens (tertiary/aromatic N) is 2. The molecule has 0 unspecified atom stereocenters. The molecule has 0 saturated carbocycles. The van der Waals surface area contributed by atoms with Crippen LogP contribution in [0.4, 0.5) is 0 Å². The Kier molecular flexibility index (Phi) is 6.26. The molecule has 0 radical (unpaired) electrons. The van der Waals surface area contributed by atoms with Gasteiger partial charge in [-0.15, -0.1) is 0 Å². The van der Waals surface area contributed by atoms with Crippen molar-refractivity contribution in [1.82, 2.24) is 10.2 Å². The van der Waals surface area contributed by atoms with Crippen molar-refractivity contribution < 1.29 is 9.21 Å². The van der Waals surface area contributed by atoms with Crippen LogP contribution in [0, 0.1) is 0 Å². The Morgan fingerprint density at radius 1 is 1.29 bits per heavy atom. The highest BCUT2D eigenvalue weighted by Gasteiger charge is 2.09. The number of furan rings is 1. The molecule has 1 aromatic carbocycles. The molecule has 7 heteroatoms. The molecule has 0 aliphatic carbocycles. The number of aliphatic imine (C=N–C) groups is 1. The van der Waals surface area contributed by atoms with Crippen LogP contribution in [0.15, 0.2) is 45.8 Å². The van der Waals surface area contributed by atoms with Crippen molar-refractivity contribution in [1.29, 1.82) is 0 Å². The lowest BCUT2D eigenvalue weighted by Crippen LogP contribution is -2.38. The summed E-state index contributed by atoms with van der Waals surface area (Å²) in [6.07, 6.45) is 0. The minimum absolute atomic E-state index is 0.139. The van der Waals surface area contributed by atoms with Gasteiger partial charge in [0.2, 0.25) is 0 Å². The second kappa shape index (κ2) is 8.40. The molecule has 3 N–H and O–H groups in total. The third-order valence-corrected chi connectivity index (χ3v) is 3.57. The average molecular weight is 349 g/mol. The van der Waals surface area contributed by atoms with E-state index in [4.69, 9.17) is 21.8 Å². The number of rotatable bonds is 6. The van der Waals surface area contributed by atoms with E-state index in [9.17, 15) is 4.79 Å². The first-order valence-electron chi connectivity index (χ1n) is 7.62. The third-order valence-electron chi connectivity index (χ3n) is 3.32. The molecular weight excluding hydrogens is 328 g/mol. The van der Waals surface area contributed by atoms with Crippen LogP contribution in [0.1, 0.15) is 28.8 Å². The van der Waals surface area contributed by atoms with E-state index in [0.717, 1.165) is 18.1 Å². The molecule has 2 rings (SSSR count). The standard InChI is InChI=1S/C17H21ClN4O2/c1-3-20-17(21-10-14-8-9-15(24-14)16(19)23)22(2)11-12-4-6-13(18)7-5-12/h4-9H,3,10-11H2,1-2H3,(H2,19,23)(H,20,21). The van der Waals surface area contributed by atoms with Crippen molar-refractivity contribution in [3.05, 3.63) is 58.5 Å². The van der Waals surface area contributed by atoms with Crippen molar-refractivity contribution in [3.8, 4) is 0 Å². The predicted octanol–water partition coefficient (Wildman–Crippen LogP) is 2.63.